The largest absolute Gasteiger partial charge is 0.658 e. The van der Waals surface area contributed by atoms with E-state index in [4.69, 9.17) is 18.8 Å². The monoisotopic (exact) mass is 337 g/mol. The molecule has 0 heterocycles. The minimum Gasteiger partial charge on any atom is -0.526 e. The molecule has 0 atom stereocenters. The molecule has 25 heavy (non-hydrogen) atoms. The van der Waals surface area contributed by atoms with Crippen LogP contribution >= 0.6 is 0 Å². The molecular weight excluding hydrogens is 315 g/mol. The van der Waals surface area contributed by atoms with Crippen LogP contribution in [-0.4, -0.2) is 20.9 Å². The van der Waals surface area contributed by atoms with Gasteiger partial charge >= 0.3 is 7.69 Å². The van der Waals surface area contributed by atoms with Gasteiger partial charge in [-0.3, -0.25) is 0 Å². The Labute approximate surface area is 150 Å². The molecule has 0 bridgehead atoms. The zero-order valence-electron chi connectivity index (χ0n) is 14.7. The lowest BCUT2D eigenvalue weighted by atomic mass is 10.1. The SMILES string of the molecule is C=Cc1cc(O[B]Oc2ccc(OCC)c(C=C)c2)ccc1OCC. The third-order valence-corrected chi connectivity index (χ3v) is 3.37. The first kappa shape index (κ1) is 18.5. The van der Waals surface area contributed by atoms with Gasteiger partial charge in [0.15, 0.2) is 0 Å². The first-order chi connectivity index (χ1) is 12.2. The van der Waals surface area contributed by atoms with E-state index in [-0.39, 0.29) is 0 Å². The molecule has 2 rings (SSSR count). The van der Waals surface area contributed by atoms with Crippen molar-refractivity contribution in [1.29, 1.82) is 0 Å². The van der Waals surface area contributed by atoms with Crippen LogP contribution in [0.3, 0.4) is 0 Å². The van der Waals surface area contributed by atoms with Crippen LogP contribution in [0.4, 0.5) is 0 Å². The predicted octanol–water partition coefficient (Wildman–Crippen LogP) is 4.76. The van der Waals surface area contributed by atoms with Crippen LogP contribution < -0.4 is 18.8 Å². The molecule has 2 aromatic carbocycles. The van der Waals surface area contributed by atoms with E-state index in [1.165, 1.54) is 7.69 Å². The van der Waals surface area contributed by atoms with Crippen molar-refractivity contribution < 1.29 is 18.8 Å². The summed E-state index contributed by atoms with van der Waals surface area (Å²) >= 11 is 0. The van der Waals surface area contributed by atoms with Gasteiger partial charge in [0.2, 0.25) is 0 Å². The molecule has 1 radical (unpaired) electrons. The molecule has 2 aromatic rings. The van der Waals surface area contributed by atoms with Crippen LogP contribution in [-0.2, 0) is 0 Å². The first-order valence-corrected chi connectivity index (χ1v) is 8.15. The Morgan fingerprint density at radius 1 is 0.800 bits per heavy atom. The predicted molar refractivity (Wildman–Crippen MR) is 102 cm³/mol. The summed E-state index contributed by atoms with van der Waals surface area (Å²) in [6, 6.07) is 11.0. The maximum absolute atomic E-state index is 5.53. The summed E-state index contributed by atoms with van der Waals surface area (Å²) in [6.45, 7) is 12.6. The van der Waals surface area contributed by atoms with Crippen molar-refractivity contribution in [1.82, 2.24) is 0 Å². The molecule has 0 spiro atoms. The summed E-state index contributed by atoms with van der Waals surface area (Å²) in [5, 5.41) is 0. The Bertz CT molecular complexity index is 666. The summed E-state index contributed by atoms with van der Waals surface area (Å²) < 4.78 is 22.1. The number of benzene rings is 2. The van der Waals surface area contributed by atoms with Gasteiger partial charge in [0.1, 0.15) is 23.0 Å². The molecular formula is C20H22BO4. The van der Waals surface area contributed by atoms with Crippen LogP contribution in [0.2, 0.25) is 0 Å². The van der Waals surface area contributed by atoms with Crippen molar-refractivity contribution in [2.75, 3.05) is 13.2 Å². The fraction of sp³-hybridized carbons (Fsp3) is 0.200. The summed E-state index contributed by atoms with van der Waals surface area (Å²) in [6.07, 6.45) is 3.45. The molecule has 0 saturated heterocycles. The molecule has 129 valence electrons. The van der Waals surface area contributed by atoms with Gasteiger partial charge in [0.25, 0.3) is 0 Å². The van der Waals surface area contributed by atoms with Gasteiger partial charge in [-0.25, -0.2) is 0 Å². The van der Waals surface area contributed by atoms with Crippen molar-refractivity contribution in [3.63, 3.8) is 0 Å². The van der Waals surface area contributed by atoms with Crippen LogP contribution in [0.25, 0.3) is 12.2 Å². The van der Waals surface area contributed by atoms with E-state index < -0.39 is 0 Å². The second-order valence-electron chi connectivity index (χ2n) is 5.01. The van der Waals surface area contributed by atoms with Crippen LogP contribution in [0.1, 0.15) is 25.0 Å². The van der Waals surface area contributed by atoms with E-state index in [0.29, 0.717) is 24.7 Å². The first-order valence-electron chi connectivity index (χ1n) is 8.15. The Morgan fingerprint density at radius 2 is 1.24 bits per heavy atom. The van der Waals surface area contributed by atoms with E-state index in [9.17, 15) is 0 Å². The smallest absolute Gasteiger partial charge is 0.526 e. The molecule has 0 aliphatic heterocycles. The van der Waals surface area contributed by atoms with Gasteiger partial charge in [0.05, 0.1) is 13.2 Å². The number of ether oxygens (including phenoxy) is 2. The van der Waals surface area contributed by atoms with Gasteiger partial charge in [-0.15, -0.1) is 0 Å². The van der Waals surface area contributed by atoms with Crippen molar-refractivity contribution in [3.05, 3.63) is 60.7 Å². The Balaban J connectivity index is 1.98. The zero-order chi connectivity index (χ0) is 18.1. The van der Waals surface area contributed by atoms with Gasteiger partial charge < -0.3 is 18.8 Å². The van der Waals surface area contributed by atoms with Crippen LogP contribution in [0.15, 0.2) is 49.6 Å². The molecule has 0 saturated carbocycles. The number of hydrogen-bond acceptors (Lipinski definition) is 4. The van der Waals surface area contributed by atoms with E-state index in [1.54, 1.807) is 12.2 Å². The minimum atomic E-state index is 0.597. The van der Waals surface area contributed by atoms with E-state index in [2.05, 4.69) is 13.2 Å². The standard InChI is InChI=1S/C20H22BO4/c1-5-15-13-17(9-11-19(15)22-7-3)24-21-25-18-10-12-20(23-8-4)16(6-2)14-18/h5-6,9-14H,1-2,7-8H2,3-4H3. The molecule has 0 aliphatic rings. The van der Waals surface area contributed by atoms with Crippen molar-refractivity contribution in [2.24, 2.45) is 0 Å². The van der Waals surface area contributed by atoms with E-state index >= 15 is 0 Å². The molecule has 0 aliphatic carbocycles. The molecule has 0 fully saturated rings. The van der Waals surface area contributed by atoms with Gasteiger partial charge in [0, 0.05) is 11.1 Å². The minimum absolute atomic E-state index is 0.597. The van der Waals surface area contributed by atoms with Gasteiger partial charge in [-0.1, -0.05) is 25.3 Å². The maximum Gasteiger partial charge on any atom is 0.658 e. The number of hydrogen-bond donors (Lipinski definition) is 0. The molecule has 4 nitrogen and oxygen atoms in total. The van der Waals surface area contributed by atoms with E-state index in [0.717, 1.165) is 22.6 Å². The quantitative estimate of drug-likeness (QED) is 0.586. The summed E-state index contributed by atoms with van der Waals surface area (Å²) in [5.41, 5.74) is 1.73. The Hall–Kier alpha value is -2.82. The summed E-state index contributed by atoms with van der Waals surface area (Å²) in [4.78, 5) is 0. The second kappa shape index (κ2) is 9.47. The molecule has 5 heteroatoms. The fourth-order valence-corrected chi connectivity index (χ4v) is 2.23. The third-order valence-electron chi connectivity index (χ3n) is 3.37. The highest BCUT2D eigenvalue weighted by Gasteiger charge is 2.07. The zero-order valence-corrected chi connectivity index (χ0v) is 14.7. The molecule has 0 unspecified atom stereocenters. The van der Waals surface area contributed by atoms with Crippen LogP contribution in [0.5, 0.6) is 23.0 Å². The second-order valence-corrected chi connectivity index (χ2v) is 5.01. The highest BCUT2D eigenvalue weighted by molar-refractivity contribution is 6.20. The lowest BCUT2D eigenvalue weighted by molar-refractivity contribution is 0.339. The number of rotatable bonds is 10. The van der Waals surface area contributed by atoms with Gasteiger partial charge in [-0.2, -0.15) is 0 Å². The van der Waals surface area contributed by atoms with Gasteiger partial charge in [-0.05, 0) is 50.2 Å². The summed E-state index contributed by atoms with van der Waals surface area (Å²) in [7, 11) is 1.28. The molecule has 0 aromatic heterocycles. The summed E-state index contributed by atoms with van der Waals surface area (Å²) in [5.74, 6) is 2.81. The molecule has 0 N–H and O–H groups in total. The normalized spacial score (nSPS) is 9.84. The topological polar surface area (TPSA) is 36.9 Å². The maximum atomic E-state index is 5.53. The highest BCUT2D eigenvalue weighted by Crippen LogP contribution is 2.27. The van der Waals surface area contributed by atoms with Crippen molar-refractivity contribution in [2.45, 2.75) is 13.8 Å². The lowest BCUT2D eigenvalue weighted by Gasteiger charge is -2.12. The van der Waals surface area contributed by atoms with Crippen LogP contribution in [0, 0.1) is 0 Å². The van der Waals surface area contributed by atoms with E-state index in [1.807, 2.05) is 50.2 Å². The Kier molecular flexibility index (Phi) is 7.02. The average Bonchev–Trinajstić information content (AvgIpc) is 2.64. The fourth-order valence-electron chi connectivity index (χ4n) is 2.23. The van der Waals surface area contributed by atoms with Crippen molar-refractivity contribution in [3.8, 4) is 23.0 Å². The Morgan fingerprint density at radius 3 is 1.60 bits per heavy atom. The average molecular weight is 337 g/mol. The third kappa shape index (κ3) is 5.08. The lowest BCUT2D eigenvalue weighted by Crippen LogP contribution is -2.11. The van der Waals surface area contributed by atoms with Crippen molar-refractivity contribution >= 4 is 19.8 Å². The highest BCUT2D eigenvalue weighted by atomic mass is 16.6. The molecule has 0 amide bonds.